The van der Waals surface area contributed by atoms with Crippen molar-refractivity contribution >= 4 is 23.6 Å². The zero-order chi connectivity index (χ0) is 11.3. The second-order valence-electron chi connectivity index (χ2n) is 3.37. The molecule has 0 aromatic rings. The average molecular weight is 228 g/mol. The van der Waals surface area contributed by atoms with Crippen LogP contribution < -0.4 is 5.32 Å². The number of hydrogen-bond donors (Lipinski definition) is 1. The Labute approximate surface area is 94.1 Å². The maximum atomic E-state index is 11.5. The van der Waals surface area contributed by atoms with Crippen LogP contribution in [0.5, 0.6) is 0 Å². The molecule has 4 nitrogen and oxygen atoms in total. The molecule has 1 atom stereocenters. The van der Waals surface area contributed by atoms with Gasteiger partial charge in [-0.1, -0.05) is 6.08 Å². The normalized spacial score (nSPS) is 21.1. The van der Waals surface area contributed by atoms with Crippen molar-refractivity contribution in [2.24, 2.45) is 0 Å². The summed E-state index contributed by atoms with van der Waals surface area (Å²) < 4.78 is 0. The summed E-state index contributed by atoms with van der Waals surface area (Å²) in [7, 11) is 1.53. The molecule has 0 radical (unpaired) electrons. The number of likely N-dealkylation sites (tertiary alicyclic amines) is 1. The molecule has 1 unspecified atom stereocenters. The second-order valence-corrected chi connectivity index (χ2v) is 4.52. The van der Waals surface area contributed by atoms with Gasteiger partial charge in [-0.2, -0.15) is 11.8 Å². The van der Waals surface area contributed by atoms with Crippen LogP contribution in [0.1, 0.15) is 6.42 Å². The highest BCUT2D eigenvalue weighted by atomic mass is 32.2. The maximum absolute atomic E-state index is 11.5. The van der Waals surface area contributed by atoms with E-state index in [9.17, 15) is 9.59 Å². The molecule has 1 heterocycles. The van der Waals surface area contributed by atoms with Crippen molar-refractivity contribution < 1.29 is 9.59 Å². The van der Waals surface area contributed by atoms with E-state index in [1.165, 1.54) is 11.9 Å². The summed E-state index contributed by atoms with van der Waals surface area (Å²) in [6.45, 7) is 4.37. The largest absolute Gasteiger partial charge is 0.305 e. The SMILES string of the molecule is C=CCSCCNC1CC(=O)N(C)C1=O. The minimum atomic E-state index is -0.313. The van der Waals surface area contributed by atoms with E-state index in [0.717, 1.165) is 18.1 Å². The summed E-state index contributed by atoms with van der Waals surface area (Å²) in [5, 5.41) is 3.08. The Morgan fingerprint density at radius 3 is 2.93 bits per heavy atom. The lowest BCUT2D eigenvalue weighted by Crippen LogP contribution is -2.38. The predicted molar refractivity (Wildman–Crippen MR) is 61.7 cm³/mol. The summed E-state index contributed by atoms with van der Waals surface area (Å²) in [5.41, 5.74) is 0. The van der Waals surface area contributed by atoms with E-state index in [1.807, 2.05) is 6.08 Å². The number of amides is 2. The summed E-state index contributed by atoms with van der Waals surface area (Å²) >= 11 is 1.75. The van der Waals surface area contributed by atoms with Gasteiger partial charge >= 0.3 is 0 Å². The summed E-state index contributed by atoms with van der Waals surface area (Å²) in [6.07, 6.45) is 2.14. The van der Waals surface area contributed by atoms with Gasteiger partial charge in [-0.05, 0) is 0 Å². The van der Waals surface area contributed by atoms with Crippen LogP contribution in [0.3, 0.4) is 0 Å². The molecule has 0 aromatic heterocycles. The zero-order valence-electron chi connectivity index (χ0n) is 8.86. The van der Waals surface area contributed by atoms with Gasteiger partial charge in [-0.3, -0.25) is 14.5 Å². The van der Waals surface area contributed by atoms with E-state index < -0.39 is 0 Å². The van der Waals surface area contributed by atoms with Gasteiger partial charge in [0.25, 0.3) is 0 Å². The Kier molecular flexibility index (Phi) is 4.84. The smallest absolute Gasteiger partial charge is 0.246 e. The number of likely N-dealkylation sites (N-methyl/N-ethyl adjacent to an activating group) is 1. The number of nitrogens with one attached hydrogen (secondary N) is 1. The van der Waals surface area contributed by atoms with E-state index in [2.05, 4.69) is 11.9 Å². The van der Waals surface area contributed by atoms with Crippen LogP contribution in [0.4, 0.5) is 0 Å². The molecule has 0 aromatic carbocycles. The number of carbonyl (C=O) groups excluding carboxylic acids is 2. The molecule has 0 spiro atoms. The van der Waals surface area contributed by atoms with E-state index in [-0.39, 0.29) is 17.9 Å². The highest BCUT2D eigenvalue weighted by Gasteiger charge is 2.35. The number of carbonyl (C=O) groups is 2. The first-order valence-electron chi connectivity index (χ1n) is 4.89. The van der Waals surface area contributed by atoms with Crippen molar-refractivity contribution in [1.82, 2.24) is 10.2 Å². The fourth-order valence-electron chi connectivity index (χ4n) is 1.39. The van der Waals surface area contributed by atoms with Crippen LogP contribution >= 0.6 is 11.8 Å². The number of imide groups is 1. The Hall–Kier alpha value is -0.810. The fraction of sp³-hybridized carbons (Fsp3) is 0.600. The number of rotatable bonds is 6. The third kappa shape index (κ3) is 3.35. The van der Waals surface area contributed by atoms with Crippen LogP contribution in [0.25, 0.3) is 0 Å². The van der Waals surface area contributed by atoms with E-state index >= 15 is 0 Å². The molecule has 1 saturated heterocycles. The van der Waals surface area contributed by atoms with Crippen LogP contribution in [-0.2, 0) is 9.59 Å². The Morgan fingerprint density at radius 1 is 1.67 bits per heavy atom. The third-order valence-electron chi connectivity index (χ3n) is 2.25. The third-order valence-corrected chi connectivity index (χ3v) is 3.22. The van der Waals surface area contributed by atoms with Crippen molar-refractivity contribution in [3.63, 3.8) is 0 Å². The standard InChI is InChI=1S/C10H16N2O2S/c1-3-5-15-6-4-11-8-7-9(13)12(2)10(8)14/h3,8,11H,1,4-7H2,2H3. The quantitative estimate of drug-likeness (QED) is 0.402. The lowest BCUT2D eigenvalue weighted by molar-refractivity contribution is -0.137. The molecule has 0 bridgehead atoms. The molecule has 1 aliphatic heterocycles. The van der Waals surface area contributed by atoms with Crippen molar-refractivity contribution in [2.45, 2.75) is 12.5 Å². The molecule has 1 aliphatic rings. The van der Waals surface area contributed by atoms with E-state index in [0.29, 0.717) is 6.42 Å². The van der Waals surface area contributed by atoms with Crippen LogP contribution in [0.2, 0.25) is 0 Å². The number of thioether (sulfide) groups is 1. The van der Waals surface area contributed by atoms with Crippen molar-refractivity contribution in [1.29, 1.82) is 0 Å². The van der Waals surface area contributed by atoms with Crippen molar-refractivity contribution in [3.05, 3.63) is 12.7 Å². The Morgan fingerprint density at radius 2 is 2.40 bits per heavy atom. The molecule has 1 fully saturated rings. The first-order valence-corrected chi connectivity index (χ1v) is 6.04. The first kappa shape index (κ1) is 12.3. The van der Waals surface area contributed by atoms with Crippen molar-refractivity contribution in [3.8, 4) is 0 Å². The lowest BCUT2D eigenvalue weighted by Gasteiger charge is -2.10. The molecule has 84 valence electrons. The minimum Gasteiger partial charge on any atom is -0.305 e. The average Bonchev–Trinajstić information content (AvgIpc) is 2.46. The van der Waals surface area contributed by atoms with Gasteiger partial charge in [0, 0.05) is 25.1 Å². The van der Waals surface area contributed by atoms with Crippen LogP contribution in [-0.4, -0.2) is 47.9 Å². The van der Waals surface area contributed by atoms with Gasteiger partial charge in [-0.25, -0.2) is 0 Å². The van der Waals surface area contributed by atoms with Gasteiger partial charge in [0.2, 0.25) is 11.8 Å². The number of hydrogen-bond acceptors (Lipinski definition) is 4. The topological polar surface area (TPSA) is 49.4 Å². The van der Waals surface area contributed by atoms with Gasteiger partial charge in [0.1, 0.15) is 0 Å². The highest BCUT2D eigenvalue weighted by molar-refractivity contribution is 7.99. The van der Waals surface area contributed by atoms with Crippen LogP contribution in [0, 0.1) is 0 Å². The monoisotopic (exact) mass is 228 g/mol. The molecule has 2 amide bonds. The Balaban J connectivity index is 2.20. The van der Waals surface area contributed by atoms with E-state index in [4.69, 9.17) is 0 Å². The molecule has 1 rings (SSSR count). The molecular formula is C10H16N2O2S. The Bertz CT molecular complexity index is 268. The predicted octanol–water partition coefficient (Wildman–Crippen LogP) is 0.253. The highest BCUT2D eigenvalue weighted by Crippen LogP contribution is 2.10. The first-order chi connectivity index (χ1) is 7.16. The number of nitrogens with zero attached hydrogens (tertiary/aromatic N) is 1. The molecule has 1 N–H and O–H groups in total. The molecule has 0 saturated carbocycles. The zero-order valence-corrected chi connectivity index (χ0v) is 9.68. The van der Waals surface area contributed by atoms with Gasteiger partial charge < -0.3 is 5.32 Å². The molecular weight excluding hydrogens is 212 g/mol. The van der Waals surface area contributed by atoms with E-state index in [1.54, 1.807) is 11.8 Å². The maximum Gasteiger partial charge on any atom is 0.246 e. The minimum absolute atomic E-state index is 0.101. The summed E-state index contributed by atoms with van der Waals surface area (Å²) in [6, 6.07) is -0.313. The summed E-state index contributed by atoms with van der Waals surface area (Å²) in [5.74, 6) is 1.62. The molecule has 5 heteroatoms. The van der Waals surface area contributed by atoms with Gasteiger partial charge in [-0.15, -0.1) is 6.58 Å². The van der Waals surface area contributed by atoms with Gasteiger partial charge in [0.15, 0.2) is 0 Å². The fourth-order valence-corrected chi connectivity index (χ4v) is 1.98. The van der Waals surface area contributed by atoms with Gasteiger partial charge in [0.05, 0.1) is 12.5 Å². The summed E-state index contributed by atoms with van der Waals surface area (Å²) in [4.78, 5) is 23.8. The second kappa shape index (κ2) is 5.92. The van der Waals surface area contributed by atoms with Crippen LogP contribution in [0.15, 0.2) is 12.7 Å². The van der Waals surface area contributed by atoms with Crippen molar-refractivity contribution in [2.75, 3.05) is 25.1 Å². The lowest BCUT2D eigenvalue weighted by atomic mass is 10.2. The molecule has 15 heavy (non-hydrogen) atoms. The molecule has 0 aliphatic carbocycles.